The van der Waals surface area contributed by atoms with Gasteiger partial charge in [-0.25, -0.2) is 4.39 Å². The van der Waals surface area contributed by atoms with Crippen molar-refractivity contribution in [2.75, 3.05) is 24.7 Å². The fourth-order valence-electron chi connectivity index (χ4n) is 4.48. The maximum atomic E-state index is 13.2. The van der Waals surface area contributed by atoms with Crippen LogP contribution in [0.1, 0.15) is 40.9 Å². The standard InChI is InChI=1S/C28H27FN2O3/c1-3-31(4-2)22-11-7-19(8-12-22)15-26-27(32)23-13-14-25-24(28(23)34-26)17-30(18-33-25)16-20-5-9-21(29)10-6-20/h5-15H,3-4,16-18H2,1-2H3/b26-15-. The van der Waals surface area contributed by atoms with Crippen molar-refractivity contribution < 1.29 is 18.7 Å². The molecular weight excluding hydrogens is 431 g/mol. The van der Waals surface area contributed by atoms with Crippen LogP contribution in [0.3, 0.4) is 0 Å². The average molecular weight is 459 g/mol. The molecule has 34 heavy (non-hydrogen) atoms. The Morgan fingerprint density at radius 3 is 2.44 bits per heavy atom. The first-order valence-corrected chi connectivity index (χ1v) is 11.6. The van der Waals surface area contributed by atoms with E-state index < -0.39 is 0 Å². The van der Waals surface area contributed by atoms with Crippen molar-refractivity contribution in [1.29, 1.82) is 0 Å². The molecule has 0 aromatic heterocycles. The van der Waals surface area contributed by atoms with Gasteiger partial charge in [0.05, 0.1) is 11.1 Å². The average Bonchev–Trinajstić information content (AvgIpc) is 3.18. The topological polar surface area (TPSA) is 42.0 Å². The van der Waals surface area contributed by atoms with Crippen molar-refractivity contribution >= 4 is 17.5 Å². The molecule has 0 bridgehead atoms. The first-order chi connectivity index (χ1) is 16.6. The second-order valence-corrected chi connectivity index (χ2v) is 8.51. The fraction of sp³-hybridized carbons (Fsp3) is 0.250. The Balaban J connectivity index is 1.36. The molecular formula is C28H27FN2O3. The molecule has 2 heterocycles. The number of rotatable bonds is 6. The minimum absolute atomic E-state index is 0.124. The Morgan fingerprint density at radius 1 is 1.00 bits per heavy atom. The molecule has 0 N–H and O–H groups in total. The Kier molecular flexibility index (Phi) is 6.07. The number of ketones is 1. The molecule has 174 valence electrons. The molecule has 0 radical (unpaired) electrons. The summed E-state index contributed by atoms with van der Waals surface area (Å²) in [6, 6.07) is 18.2. The number of allylic oxidation sites excluding steroid dienone is 1. The van der Waals surface area contributed by atoms with Crippen molar-refractivity contribution in [3.63, 3.8) is 0 Å². The van der Waals surface area contributed by atoms with Crippen LogP contribution in [0, 0.1) is 5.82 Å². The van der Waals surface area contributed by atoms with E-state index in [1.54, 1.807) is 24.3 Å². The number of halogens is 1. The van der Waals surface area contributed by atoms with Gasteiger partial charge >= 0.3 is 0 Å². The zero-order valence-corrected chi connectivity index (χ0v) is 19.4. The molecule has 0 atom stereocenters. The summed E-state index contributed by atoms with van der Waals surface area (Å²) in [6.07, 6.45) is 1.79. The maximum absolute atomic E-state index is 13.2. The molecule has 6 heteroatoms. The molecule has 5 nitrogen and oxygen atoms in total. The minimum atomic E-state index is -0.254. The van der Waals surface area contributed by atoms with Gasteiger partial charge in [-0.15, -0.1) is 0 Å². The van der Waals surface area contributed by atoms with Crippen molar-refractivity contribution in [1.82, 2.24) is 4.90 Å². The third kappa shape index (κ3) is 4.29. The zero-order chi connectivity index (χ0) is 23.7. The molecule has 0 fully saturated rings. The molecule has 0 amide bonds. The Labute approximate surface area is 199 Å². The number of carbonyl (C=O) groups is 1. The molecule has 3 aromatic carbocycles. The minimum Gasteiger partial charge on any atom is -0.478 e. The first kappa shape index (κ1) is 22.2. The van der Waals surface area contributed by atoms with E-state index in [-0.39, 0.29) is 11.6 Å². The molecule has 0 saturated heterocycles. The predicted molar refractivity (Wildman–Crippen MR) is 131 cm³/mol. The Hall–Kier alpha value is -3.64. The maximum Gasteiger partial charge on any atom is 0.231 e. The van der Waals surface area contributed by atoms with Gasteiger partial charge in [-0.2, -0.15) is 0 Å². The smallest absolute Gasteiger partial charge is 0.231 e. The highest BCUT2D eigenvalue weighted by Crippen LogP contribution is 2.42. The van der Waals surface area contributed by atoms with Crippen LogP contribution in [-0.2, 0) is 13.1 Å². The van der Waals surface area contributed by atoms with Crippen LogP contribution in [-0.4, -0.2) is 30.5 Å². The van der Waals surface area contributed by atoms with Crippen molar-refractivity contribution in [3.05, 3.63) is 94.5 Å². The van der Waals surface area contributed by atoms with E-state index in [2.05, 4.69) is 35.8 Å². The molecule has 5 rings (SSSR count). The van der Waals surface area contributed by atoms with Gasteiger partial charge in [0.25, 0.3) is 0 Å². The number of benzene rings is 3. The van der Waals surface area contributed by atoms with Crippen molar-refractivity contribution in [2.24, 2.45) is 0 Å². The van der Waals surface area contributed by atoms with Crippen LogP contribution >= 0.6 is 0 Å². The summed E-state index contributed by atoms with van der Waals surface area (Å²) in [7, 11) is 0. The van der Waals surface area contributed by atoms with Gasteiger partial charge in [0.2, 0.25) is 5.78 Å². The number of nitrogens with zero attached hydrogens (tertiary/aromatic N) is 2. The summed E-state index contributed by atoms with van der Waals surface area (Å²) >= 11 is 0. The number of hydrogen-bond donors (Lipinski definition) is 0. The third-order valence-corrected chi connectivity index (χ3v) is 6.32. The van der Waals surface area contributed by atoms with E-state index >= 15 is 0 Å². The van der Waals surface area contributed by atoms with Gasteiger partial charge in [-0.05, 0) is 67.4 Å². The Morgan fingerprint density at radius 2 is 1.74 bits per heavy atom. The number of fused-ring (bicyclic) bond motifs is 3. The number of ether oxygens (including phenoxy) is 2. The molecule has 0 saturated carbocycles. The SMILES string of the molecule is CCN(CC)c1ccc(/C=C2\Oc3c(ccc4c3CN(Cc3ccc(F)cc3)CO4)C2=O)cc1. The van der Waals surface area contributed by atoms with E-state index in [0.29, 0.717) is 36.9 Å². The van der Waals surface area contributed by atoms with Crippen molar-refractivity contribution in [2.45, 2.75) is 26.9 Å². The number of hydrogen-bond acceptors (Lipinski definition) is 5. The van der Waals surface area contributed by atoms with E-state index in [1.807, 2.05) is 18.2 Å². The normalized spacial score (nSPS) is 16.1. The lowest BCUT2D eigenvalue weighted by Crippen LogP contribution is -2.31. The van der Waals surface area contributed by atoms with E-state index in [9.17, 15) is 9.18 Å². The van der Waals surface area contributed by atoms with Gasteiger partial charge < -0.3 is 14.4 Å². The summed E-state index contributed by atoms with van der Waals surface area (Å²) in [5.74, 6) is 1.23. The van der Waals surface area contributed by atoms with E-state index in [0.717, 1.165) is 41.2 Å². The number of carbonyl (C=O) groups excluding carboxylic acids is 1. The molecule has 3 aromatic rings. The lowest BCUT2D eigenvalue weighted by atomic mass is 10.0. The largest absolute Gasteiger partial charge is 0.478 e. The van der Waals surface area contributed by atoms with Gasteiger partial charge in [-0.3, -0.25) is 9.69 Å². The van der Waals surface area contributed by atoms with Crippen LogP contribution in [0.5, 0.6) is 11.5 Å². The summed E-state index contributed by atoms with van der Waals surface area (Å²) < 4.78 is 25.3. The van der Waals surface area contributed by atoms with Crippen LogP contribution < -0.4 is 14.4 Å². The molecule has 0 unspecified atom stereocenters. The van der Waals surface area contributed by atoms with Gasteiger partial charge in [-0.1, -0.05) is 24.3 Å². The quantitative estimate of drug-likeness (QED) is 0.447. The van der Waals surface area contributed by atoms with Crippen LogP contribution in [0.15, 0.2) is 66.4 Å². The Bertz CT molecular complexity index is 1230. The van der Waals surface area contributed by atoms with Gasteiger partial charge in [0.1, 0.15) is 24.0 Å². The van der Waals surface area contributed by atoms with Crippen LogP contribution in [0.4, 0.5) is 10.1 Å². The molecule has 2 aliphatic heterocycles. The van der Waals surface area contributed by atoms with E-state index in [1.165, 1.54) is 12.1 Å². The highest BCUT2D eigenvalue weighted by Gasteiger charge is 2.33. The molecule has 0 spiro atoms. The molecule has 0 aliphatic carbocycles. The number of Topliss-reactive ketones (excluding diaryl/α,β-unsaturated/α-hetero) is 1. The monoisotopic (exact) mass is 458 g/mol. The first-order valence-electron chi connectivity index (χ1n) is 11.6. The van der Waals surface area contributed by atoms with Crippen LogP contribution in [0.25, 0.3) is 6.08 Å². The fourth-order valence-corrected chi connectivity index (χ4v) is 4.48. The number of anilines is 1. The van der Waals surface area contributed by atoms with Crippen molar-refractivity contribution in [3.8, 4) is 11.5 Å². The second-order valence-electron chi connectivity index (χ2n) is 8.51. The predicted octanol–water partition coefficient (Wildman–Crippen LogP) is 5.64. The van der Waals surface area contributed by atoms with Gasteiger partial charge in [0, 0.05) is 31.9 Å². The summed E-state index contributed by atoms with van der Waals surface area (Å²) in [5, 5.41) is 0. The highest BCUT2D eigenvalue weighted by molar-refractivity contribution is 6.15. The van der Waals surface area contributed by atoms with E-state index in [4.69, 9.17) is 9.47 Å². The lowest BCUT2D eigenvalue weighted by Gasteiger charge is -2.29. The second kappa shape index (κ2) is 9.31. The highest BCUT2D eigenvalue weighted by atomic mass is 19.1. The third-order valence-electron chi connectivity index (χ3n) is 6.32. The summed E-state index contributed by atoms with van der Waals surface area (Å²) in [5.41, 5.74) is 4.47. The lowest BCUT2D eigenvalue weighted by molar-refractivity contribution is 0.0872. The molecule has 2 aliphatic rings. The summed E-state index contributed by atoms with van der Waals surface area (Å²) in [4.78, 5) is 17.4. The van der Waals surface area contributed by atoms with Gasteiger partial charge in [0.15, 0.2) is 5.76 Å². The zero-order valence-electron chi connectivity index (χ0n) is 19.4. The van der Waals surface area contributed by atoms with Crippen LogP contribution in [0.2, 0.25) is 0 Å². The summed E-state index contributed by atoms with van der Waals surface area (Å²) in [6.45, 7) is 7.75.